The van der Waals surface area contributed by atoms with Crippen LogP contribution < -0.4 is 11.1 Å². The molecule has 118 valence electrons. The van der Waals surface area contributed by atoms with E-state index in [1.807, 2.05) is 41.5 Å². The van der Waals surface area contributed by atoms with Crippen LogP contribution in [0.3, 0.4) is 0 Å². The molecule has 0 fully saturated rings. The van der Waals surface area contributed by atoms with Gasteiger partial charge in [0.25, 0.3) is 0 Å². The van der Waals surface area contributed by atoms with Crippen molar-refractivity contribution in [2.75, 3.05) is 6.54 Å². The fourth-order valence-electron chi connectivity index (χ4n) is 1.80. The van der Waals surface area contributed by atoms with Gasteiger partial charge in [-0.15, -0.1) is 0 Å². The summed E-state index contributed by atoms with van der Waals surface area (Å²) in [5, 5.41) is 11.9. The summed E-state index contributed by atoms with van der Waals surface area (Å²) in [6.07, 6.45) is 0.735. The quantitative estimate of drug-likeness (QED) is 0.696. The van der Waals surface area contributed by atoms with Gasteiger partial charge in [0.1, 0.15) is 0 Å². The molecule has 4 N–H and O–H groups in total. The summed E-state index contributed by atoms with van der Waals surface area (Å²) >= 11 is 0. The van der Waals surface area contributed by atoms with Crippen LogP contribution in [0.1, 0.15) is 54.4 Å². The lowest BCUT2D eigenvalue weighted by atomic mass is 9.84. The molecule has 0 aliphatic rings. The van der Waals surface area contributed by atoms with E-state index in [0.29, 0.717) is 6.42 Å². The predicted molar refractivity (Wildman–Crippen MR) is 80.3 cm³/mol. The third-order valence-electron chi connectivity index (χ3n) is 3.27. The van der Waals surface area contributed by atoms with Crippen molar-refractivity contribution in [2.24, 2.45) is 22.5 Å². The fraction of sp³-hybridized carbons (Fsp3) is 0.867. The first kappa shape index (κ1) is 18.9. The zero-order valence-corrected chi connectivity index (χ0v) is 13.6. The zero-order chi connectivity index (χ0) is 16.1. The molecule has 1 amide bonds. The largest absolute Gasteiger partial charge is 0.481 e. The molecule has 0 heterocycles. The molecule has 5 nitrogen and oxygen atoms in total. The van der Waals surface area contributed by atoms with E-state index in [1.165, 1.54) is 0 Å². The van der Waals surface area contributed by atoms with E-state index in [1.54, 1.807) is 0 Å². The summed E-state index contributed by atoms with van der Waals surface area (Å²) in [4.78, 5) is 23.0. The number of carboxylic acid groups (broad SMARTS) is 1. The second-order valence-corrected chi connectivity index (χ2v) is 7.78. The highest BCUT2D eigenvalue weighted by Gasteiger charge is 2.26. The van der Waals surface area contributed by atoms with Crippen LogP contribution in [-0.2, 0) is 9.59 Å². The van der Waals surface area contributed by atoms with Crippen LogP contribution >= 0.6 is 0 Å². The third kappa shape index (κ3) is 8.15. The Kier molecular flexibility index (Phi) is 6.68. The van der Waals surface area contributed by atoms with Gasteiger partial charge >= 0.3 is 5.97 Å². The van der Waals surface area contributed by atoms with Crippen molar-refractivity contribution in [3.05, 3.63) is 0 Å². The monoisotopic (exact) mass is 286 g/mol. The predicted octanol–water partition coefficient (Wildman–Crippen LogP) is 2.00. The van der Waals surface area contributed by atoms with Crippen molar-refractivity contribution in [3.63, 3.8) is 0 Å². The normalized spacial score (nSPS) is 15.6. The zero-order valence-electron chi connectivity index (χ0n) is 13.6. The molecule has 0 rings (SSSR count). The van der Waals surface area contributed by atoms with Crippen molar-refractivity contribution in [1.29, 1.82) is 0 Å². The van der Waals surface area contributed by atoms with Gasteiger partial charge in [0.2, 0.25) is 5.91 Å². The molecule has 0 aromatic heterocycles. The first-order valence-electron chi connectivity index (χ1n) is 7.08. The van der Waals surface area contributed by atoms with Gasteiger partial charge in [0, 0.05) is 19.0 Å². The van der Waals surface area contributed by atoms with Crippen LogP contribution in [0.15, 0.2) is 0 Å². The van der Waals surface area contributed by atoms with E-state index in [-0.39, 0.29) is 35.7 Å². The average Bonchev–Trinajstić information content (AvgIpc) is 2.20. The number of nitrogens with two attached hydrogens (primary N) is 1. The number of carbonyl (C=O) groups excluding carboxylic acids is 1. The molecule has 0 saturated heterocycles. The van der Waals surface area contributed by atoms with E-state index in [0.717, 1.165) is 0 Å². The Morgan fingerprint density at radius 2 is 1.65 bits per heavy atom. The van der Waals surface area contributed by atoms with E-state index in [9.17, 15) is 14.7 Å². The first-order valence-corrected chi connectivity index (χ1v) is 7.08. The summed E-state index contributed by atoms with van der Waals surface area (Å²) in [7, 11) is 0. The molecule has 5 heteroatoms. The van der Waals surface area contributed by atoms with Gasteiger partial charge in [0.15, 0.2) is 0 Å². The molecule has 0 saturated carbocycles. The first-order chi connectivity index (χ1) is 8.83. The van der Waals surface area contributed by atoms with Gasteiger partial charge < -0.3 is 16.2 Å². The maximum atomic E-state index is 11.8. The van der Waals surface area contributed by atoms with Gasteiger partial charge in [0.05, 0.1) is 5.92 Å². The third-order valence-corrected chi connectivity index (χ3v) is 3.27. The lowest BCUT2D eigenvalue weighted by Gasteiger charge is -2.27. The molecule has 0 aliphatic carbocycles. The van der Waals surface area contributed by atoms with Crippen LogP contribution in [0, 0.1) is 16.7 Å². The van der Waals surface area contributed by atoms with Gasteiger partial charge in [-0.2, -0.15) is 0 Å². The Bertz CT molecular complexity index is 340. The highest BCUT2D eigenvalue weighted by Crippen LogP contribution is 2.24. The molecule has 0 aromatic carbocycles. The molecular formula is C15H30N2O3. The van der Waals surface area contributed by atoms with Crippen LogP contribution in [0.2, 0.25) is 0 Å². The molecule has 0 spiro atoms. The lowest BCUT2D eigenvalue weighted by Crippen LogP contribution is -2.42. The van der Waals surface area contributed by atoms with E-state index >= 15 is 0 Å². The lowest BCUT2D eigenvalue weighted by molar-refractivity contribution is -0.142. The summed E-state index contributed by atoms with van der Waals surface area (Å²) in [6.45, 7) is 12.0. The number of rotatable bonds is 6. The van der Waals surface area contributed by atoms with Crippen molar-refractivity contribution in [3.8, 4) is 0 Å². The summed E-state index contributed by atoms with van der Waals surface area (Å²) in [5.41, 5.74) is 5.71. The topological polar surface area (TPSA) is 92.4 Å². The smallest absolute Gasteiger partial charge is 0.308 e. The minimum atomic E-state index is -0.875. The van der Waals surface area contributed by atoms with Crippen molar-refractivity contribution < 1.29 is 14.7 Å². The van der Waals surface area contributed by atoms with Gasteiger partial charge in [-0.25, -0.2) is 0 Å². The minimum absolute atomic E-state index is 0.0877. The van der Waals surface area contributed by atoms with Crippen LogP contribution in [0.4, 0.5) is 0 Å². The second kappa shape index (κ2) is 7.07. The van der Waals surface area contributed by atoms with Crippen molar-refractivity contribution in [2.45, 2.75) is 60.4 Å². The van der Waals surface area contributed by atoms with Crippen LogP contribution in [-0.4, -0.2) is 29.6 Å². The second-order valence-electron chi connectivity index (χ2n) is 7.78. The number of amides is 1. The molecule has 20 heavy (non-hydrogen) atoms. The Morgan fingerprint density at radius 3 is 2.00 bits per heavy atom. The van der Waals surface area contributed by atoms with Gasteiger partial charge in [-0.05, 0) is 17.3 Å². The SMILES string of the molecule is CC(C)(C)CC(CNC(=O)CC(N)C(C)(C)C)C(=O)O. The van der Waals surface area contributed by atoms with E-state index in [2.05, 4.69) is 5.32 Å². The molecule has 2 atom stereocenters. The molecule has 2 unspecified atom stereocenters. The Balaban J connectivity index is 4.36. The fourth-order valence-corrected chi connectivity index (χ4v) is 1.80. The number of hydrogen-bond donors (Lipinski definition) is 3. The van der Waals surface area contributed by atoms with Crippen LogP contribution in [0.5, 0.6) is 0 Å². The number of nitrogens with one attached hydrogen (secondary N) is 1. The molecule has 0 aliphatic heterocycles. The number of hydrogen-bond acceptors (Lipinski definition) is 3. The van der Waals surface area contributed by atoms with Gasteiger partial charge in [-0.3, -0.25) is 9.59 Å². The Morgan fingerprint density at radius 1 is 1.15 bits per heavy atom. The summed E-state index contributed by atoms with van der Waals surface area (Å²) in [5.74, 6) is -1.63. The van der Waals surface area contributed by atoms with Crippen LogP contribution in [0.25, 0.3) is 0 Å². The number of carboxylic acids is 1. The standard InChI is InChI=1S/C15H30N2O3/c1-14(2,3)8-10(13(19)20)9-17-12(18)7-11(16)15(4,5)6/h10-11H,7-9,16H2,1-6H3,(H,17,18)(H,19,20). The van der Waals surface area contributed by atoms with E-state index in [4.69, 9.17) is 5.73 Å². The van der Waals surface area contributed by atoms with Gasteiger partial charge in [-0.1, -0.05) is 41.5 Å². The molecule has 0 aromatic rings. The maximum absolute atomic E-state index is 11.8. The highest BCUT2D eigenvalue weighted by molar-refractivity contribution is 5.78. The summed E-state index contributed by atoms with van der Waals surface area (Å²) in [6, 6.07) is -0.242. The Hall–Kier alpha value is -1.10. The molecular weight excluding hydrogens is 256 g/mol. The molecule has 0 radical (unpaired) electrons. The Labute approximate surface area is 122 Å². The average molecular weight is 286 g/mol. The van der Waals surface area contributed by atoms with Crippen molar-refractivity contribution >= 4 is 11.9 Å². The summed E-state index contributed by atoms with van der Waals surface area (Å²) < 4.78 is 0. The number of carbonyl (C=O) groups is 2. The van der Waals surface area contributed by atoms with E-state index < -0.39 is 11.9 Å². The highest BCUT2D eigenvalue weighted by atomic mass is 16.4. The van der Waals surface area contributed by atoms with Crippen molar-refractivity contribution in [1.82, 2.24) is 5.32 Å². The minimum Gasteiger partial charge on any atom is -0.481 e. The molecule has 0 bridgehead atoms. The maximum Gasteiger partial charge on any atom is 0.308 e. The number of aliphatic carboxylic acids is 1.